The lowest BCUT2D eigenvalue weighted by Gasteiger charge is -2.52. The first kappa shape index (κ1) is 10.3. The summed E-state index contributed by atoms with van der Waals surface area (Å²) in [5.41, 5.74) is 5.64. The summed E-state index contributed by atoms with van der Waals surface area (Å²) < 4.78 is 21.7. The highest BCUT2D eigenvalue weighted by Gasteiger charge is 2.55. The molecule has 0 aromatic carbocycles. The molecule has 2 fully saturated rings. The van der Waals surface area contributed by atoms with E-state index in [4.69, 9.17) is 5.73 Å². The molecule has 0 amide bonds. The third kappa shape index (κ3) is 1.47. The van der Waals surface area contributed by atoms with Gasteiger partial charge in [-0.2, -0.15) is 0 Å². The number of nitrogens with two attached hydrogens (primary N) is 1. The van der Waals surface area contributed by atoms with Crippen molar-refractivity contribution in [2.24, 2.45) is 17.1 Å². The van der Waals surface area contributed by atoms with Gasteiger partial charge in [-0.15, -0.1) is 12.4 Å². The molecule has 1 spiro atoms. The van der Waals surface area contributed by atoms with Crippen molar-refractivity contribution >= 4 is 22.2 Å². The van der Waals surface area contributed by atoms with Crippen LogP contribution in [0.5, 0.6) is 0 Å². The number of rotatable bonds is 1. The smallest absolute Gasteiger partial charge is 0.151 e. The summed E-state index contributed by atoms with van der Waals surface area (Å²) in [6.45, 7) is 0.724. The quantitative estimate of drug-likeness (QED) is 0.674. The highest BCUT2D eigenvalue weighted by Crippen LogP contribution is 2.52. The molecule has 0 unspecified atom stereocenters. The summed E-state index contributed by atoms with van der Waals surface area (Å²) in [5, 5.41) is 0. The number of hydrogen-bond acceptors (Lipinski definition) is 3. The van der Waals surface area contributed by atoms with Gasteiger partial charge in [0.25, 0.3) is 0 Å². The van der Waals surface area contributed by atoms with Gasteiger partial charge in [0.05, 0.1) is 11.5 Å². The minimum absolute atomic E-state index is 0. The van der Waals surface area contributed by atoms with E-state index >= 15 is 0 Å². The summed E-state index contributed by atoms with van der Waals surface area (Å²) in [4.78, 5) is 0. The van der Waals surface area contributed by atoms with Crippen LogP contribution in [0.15, 0.2) is 0 Å². The molecule has 2 N–H and O–H groups in total. The van der Waals surface area contributed by atoms with Crippen LogP contribution in [0.3, 0.4) is 0 Å². The Bertz CT molecular complexity index is 255. The van der Waals surface area contributed by atoms with E-state index in [2.05, 4.69) is 0 Å². The highest BCUT2D eigenvalue weighted by molar-refractivity contribution is 7.92. The SMILES string of the molecule is Cl.NCC1CC2(C1)CS(=O)(=O)C2. The average molecular weight is 212 g/mol. The lowest BCUT2D eigenvalue weighted by molar-refractivity contribution is 0.0928. The van der Waals surface area contributed by atoms with Gasteiger partial charge in [0.2, 0.25) is 0 Å². The molecule has 1 aliphatic carbocycles. The van der Waals surface area contributed by atoms with Crippen molar-refractivity contribution in [1.29, 1.82) is 0 Å². The van der Waals surface area contributed by atoms with E-state index in [1.54, 1.807) is 0 Å². The lowest BCUT2D eigenvalue weighted by Crippen LogP contribution is -2.57. The predicted molar refractivity (Wildman–Crippen MR) is 50.1 cm³/mol. The molecule has 1 aliphatic heterocycles. The number of sulfone groups is 1. The highest BCUT2D eigenvalue weighted by atomic mass is 35.5. The third-order valence-electron chi connectivity index (χ3n) is 2.83. The molecule has 1 heterocycles. The molecule has 72 valence electrons. The monoisotopic (exact) mass is 211 g/mol. The Morgan fingerprint density at radius 3 is 2.17 bits per heavy atom. The fourth-order valence-electron chi connectivity index (χ4n) is 2.46. The molecule has 2 rings (SSSR count). The minimum Gasteiger partial charge on any atom is -0.330 e. The van der Waals surface area contributed by atoms with Gasteiger partial charge in [0.1, 0.15) is 0 Å². The molecule has 1 saturated carbocycles. The van der Waals surface area contributed by atoms with Crippen molar-refractivity contribution in [3.05, 3.63) is 0 Å². The molecule has 0 bridgehead atoms. The van der Waals surface area contributed by atoms with Crippen LogP contribution in [-0.4, -0.2) is 26.5 Å². The van der Waals surface area contributed by atoms with Crippen molar-refractivity contribution in [2.45, 2.75) is 12.8 Å². The molecular formula is C7H14ClNO2S. The Kier molecular flexibility index (Phi) is 2.45. The summed E-state index contributed by atoms with van der Waals surface area (Å²) >= 11 is 0. The number of halogens is 1. The molecule has 2 aliphatic rings. The van der Waals surface area contributed by atoms with Gasteiger partial charge in [-0.05, 0) is 30.7 Å². The van der Waals surface area contributed by atoms with E-state index in [-0.39, 0.29) is 17.8 Å². The molecule has 1 saturated heterocycles. The molecule has 0 atom stereocenters. The molecule has 5 heteroatoms. The van der Waals surface area contributed by atoms with Crippen molar-refractivity contribution < 1.29 is 8.42 Å². The van der Waals surface area contributed by atoms with Crippen LogP contribution in [0.4, 0.5) is 0 Å². The first-order valence-corrected chi connectivity index (χ1v) is 5.78. The third-order valence-corrected chi connectivity index (χ3v) is 4.93. The second kappa shape index (κ2) is 2.86. The Hall–Kier alpha value is 0.200. The maximum Gasteiger partial charge on any atom is 0.151 e. The Labute approximate surface area is 79.0 Å². The largest absolute Gasteiger partial charge is 0.330 e. The molecule has 12 heavy (non-hydrogen) atoms. The average Bonchev–Trinajstić information content (AvgIpc) is 1.75. The van der Waals surface area contributed by atoms with Crippen molar-refractivity contribution in [2.75, 3.05) is 18.1 Å². The summed E-state index contributed by atoms with van der Waals surface area (Å²) in [6, 6.07) is 0. The summed E-state index contributed by atoms with van der Waals surface area (Å²) in [6.07, 6.45) is 2.09. The Balaban J connectivity index is 0.000000720. The Morgan fingerprint density at radius 1 is 1.33 bits per heavy atom. The first-order valence-electron chi connectivity index (χ1n) is 3.96. The molecule has 0 radical (unpaired) electrons. The maximum absolute atomic E-state index is 10.9. The lowest BCUT2D eigenvalue weighted by atomic mass is 9.64. The van der Waals surface area contributed by atoms with E-state index in [0.717, 1.165) is 19.4 Å². The van der Waals surface area contributed by atoms with Crippen LogP contribution in [0, 0.1) is 11.3 Å². The van der Waals surface area contributed by atoms with E-state index < -0.39 is 9.84 Å². The van der Waals surface area contributed by atoms with E-state index in [9.17, 15) is 8.42 Å². The van der Waals surface area contributed by atoms with Crippen molar-refractivity contribution in [1.82, 2.24) is 0 Å². The zero-order chi connectivity index (χ0) is 8.11. The van der Waals surface area contributed by atoms with Gasteiger partial charge in [-0.3, -0.25) is 0 Å². The fourth-order valence-corrected chi connectivity index (χ4v) is 4.71. The molecule has 0 aromatic rings. The van der Waals surface area contributed by atoms with E-state index in [1.807, 2.05) is 0 Å². The van der Waals surface area contributed by atoms with E-state index in [1.165, 1.54) is 0 Å². The fraction of sp³-hybridized carbons (Fsp3) is 1.00. The van der Waals surface area contributed by atoms with Crippen LogP contribution >= 0.6 is 12.4 Å². The van der Waals surface area contributed by atoms with Crippen LogP contribution < -0.4 is 5.73 Å². The predicted octanol–water partition coefficient (Wildman–Crippen LogP) is 0.192. The van der Waals surface area contributed by atoms with Gasteiger partial charge >= 0.3 is 0 Å². The molecular weight excluding hydrogens is 198 g/mol. The first-order chi connectivity index (χ1) is 5.05. The second-order valence-corrected chi connectivity index (χ2v) is 6.11. The van der Waals surface area contributed by atoms with Crippen LogP contribution in [-0.2, 0) is 9.84 Å². The van der Waals surface area contributed by atoms with Gasteiger partial charge in [0, 0.05) is 0 Å². The zero-order valence-corrected chi connectivity index (χ0v) is 8.46. The molecule has 0 aromatic heterocycles. The number of hydrogen-bond donors (Lipinski definition) is 1. The standard InChI is InChI=1S/C7H13NO2S.ClH/c8-3-6-1-7(2-6)4-11(9,10)5-7;/h6H,1-5,8H2;1H. The minimum atomic E-state index is -2.62. The van der Waals surface area contributed by atoms with Crippen molar-refractivity contribution in [3.8, 4) is 0 Å². The molecule has 3 nitrogen and oxygen atoms in total. The normalized spacial score (nSPS) is 30.1. The summed E-state index contributed by atoms with van der Waals surface area (Å²) in [5.74, 6) is 1.46. The van der Waals surface area contributed by atoms with Crippen molar-refractivity contribution in [3.63, 3.8) is 0 Å². The maximum atomic E-state index is 10.9. The van der Waals surface area contributed by atoms with Crippen LogP contribution in [0.2, 0.25) is 0 Å². The Morgan fingerprint density at radius 2 is 1.83 bits per heavy atom. The van der Waals surface area contributed by atoms with Gasteiger partial charge < -0.3 is 5.73 Å². The van der Waals surface area contributed by atoms with Crippen LogP contribution in [0.1, 0.15) is 12.8 Å². The van der Waals surface area contributed by atoms with Gasteiger partial charge in [-0.25, -0.2) is 8.42 Å². The van der Waals surface area contributed by atoms with E-state index in [0.29, 0.717) is 17.4 Å². The van der Waals surface area contributed by atoms with Gasteiger partial charge in [0.15, 0.2) is 9.84 Å². The second-order valence-electron chi connectivity index (χ2n) is 4.04. The van der Waals surface area contributed by atoms with Gasteiger partial charge in [-0.1, -0.05) is 0 Å². The topological polar surface area (TPSA) is 60.2 Å². The van der Waals surface area contributed by atoms with Crippen LogP contribution in [0.25, 0.3) is 0 Å². The zero-order valence-electron chi connectivity index (χ0n) is 6.82. The summed E-state index contributed by atoms with van der Waals surface area (Å²) in [7, 11) is -2.62.